The third kappa shape index (κ3) is 5.18. The van der Waals surface area contributed by atoms with Crippen LogP contribution in [0, 0.1) is 0 Å². The Kier molecular flexibility index (Phi) is 5.92. The molecule has 2 rings (SSSR count). The highest BCUT2D eigenvalue weighted by atomic mass is 127. The van der Waals surface area contributed by atoms with Gasteiger partial charge in [-0.15, -0.1) is 24.0 Å². The van der Waals surface area contributed by atoms with Crippen LogP contribution in [0.4, 0.5) is 0 Å². The van der Waals surface area contributed by atoms with E-state index in [-0.39, 0.29) is 29.4 Å². The van der Waals surface area contributed by atoms with Crippen molar-refractivity contribution >= 4 is 41.5 Å². The van der Waals surface area contributed by atoms with Gasteiger partial charge >= 0.3 is 0 Å². The second kappa shape index (κ2) is 6.79. The lowest BCUT2D eigenvalue weighted by Crippen LogP contribution is -2.35. The first-order chi connectivity index (χ1) is 8.47. The summed E-state index contributed by atoms with van der Waals surface area (Å²) in [4.78, 5) is 4.43. The van der Waals surface area contributed by atoms with Gasteiger partial charge in [-0.05, 0) is 30.5 Å². The highest BCUT2D eigenvalue weighted by Gasteiger charge is 2.23. The van der Waals surface area contributed by atoms with Crippen LogP contribution >= 0.6 is 35.6 Å². The molecule has 5 heteroatoms. The molecule has 106 valence electrons. The summed E-state index contributed by atoms with van der Waals surface area (Å²) in [5.74, 6) is 0.555. The number of hydrogen-bond acceptors (Lipinski definition) is 1. The first kappa shape index (κ1) is 16.6. The average Bonchev–Trinajstić information content (AvgIpc) is 3.11. The van der Waals surface area contributed by atoms with Crippen LogP contribution in [0.3, 0.4) is 0 Å². The van der Waals surface area contributed by atoms with Gasteiger partial charge in [-0.2, -0.15) is 0 Å². The monoisotopic (exact) mass is 393 g/mol. The molecule has 0 atom stereocenters. The van der Waals surface area contributed by atoms with Crippen LogP contribution in [-0.2, 0) is 5.41 Å². The first-order valence-electron chi connectivity index (χ1n) is 6.30. The van der Waals surface area contributed by atoms with Crippen molar-refractivity contribution in [1.82, 2.24) is 5.32 Å². The average molecular weight is 394 g/mol. The Hall–Kier alpha value is -0.490. The third-order valence-electron chi connectivity index (χ3n) is 3.20. The molecule has 0 radical (unpaired) electrons. The van der Waals surface area contributed by atoms with E-state index in [2.05, 4.69) is 24.2 Å². The molecule has 1 aliphatic rings. The zero-order valence-corrected chi connectivity index (χ0v) is 14.4. The molecule has 1 aliphatic carbocycles. The molecule has 0 bridgehead atoms. The second-order valence-electron chi connectivity index (χ2n) is 5.51. The molecule has 0 aromatic heterocycles. The predicted octanol–water partition coefficient (Wildman–Crippen LogP) is 3.30. The predicted molar refractivity (Wildman–Crippen MR) is 92.5 cm³/mol. The first-order valence-corrected chi connectivity index (χ1v) is 6.68. The number of hydrogen-bond donors (Lipinski definition) is 2. The largest absolute Gasteiger partial charge is 0.370 e. The van der Waals surface area contributed by atoms with Crippen LogP contribution in [-0.4, -0.2) is 18.5 Å². The maximum Gasteiger partial charge on any atom is 0.188 e. The molecule has 0 amide bonds. The van der Waals surface area contributed by atoms with Crippen LogP contribution < -0.4 is 11.1 Å². The summed E-state index contributed by atoms with van der Waals surface area (Å²) in [5.41, 5.74) is 7.02. The molecule has 0 heterocycles. The van der Waals surface area contributed by atoms with E-state index in [1.165, 1.54) is 18.4 Å². The summed E-state index contributed by atoms with van der Waals surface area (Å²) in [5, 5.41) is 3.95. The minimum atomic E-state index is -0.0412. The van der Waals surface area contributed by atoms with E-state index in [1.54, 1.807) is 0 Å². The Morgan fingerprint density at radius 2 is 1.95 bits per heavy atom. The van der Waals surface area contributed by atoms with Gasteiger partial charge in [-0.1, -0.05) is 37.6 Å². The number of nitrogens with one attached hydrogen (secondary N) is 1. The lowest BCUT2D eigenvalue weighted by molar-refractivity contribution is 0.538. The maximum absolute atomic E-state index is 5.90. The van der Waals surface area contributed by atoms with Gasteiger partial charge in [-0.25, -0.2) is 0 Å². The molecule has 0 spiro atoms. The van der Waals surface area contributed by atoms with Crippen molar-refractivity contribution in [3.8, 4) is 0 Å². The number of halogens is 2. The molecule has 0 unspecified atom stereocenters. The van der Waals surface area contributed by atoms with Crippen molar-refractivity contribution in [2.75, 3.05) is 6.54 Å². The van der Waals surface area contributed by atoms with Gasteiger partial charge in [0.2, 0.25) is 0 Å². The van der Waals surface area contributed by atoms with Crippen molar-refractivity contribution in [2.45, 2.75) is 38.1 Å². The fourth-order valence-corrected chi connectivity index (χ4v) is 1.88. The van der Waals surface area contributed by atoms with E-state index in [1.807, 2.05) is 24.3 Å². The number of aliphatic imine (C=N–C) groups is 1. The molecule has 1 saturated carbocycles. The lowest BCUT2D eigenvalue weighted by Gasteiger charge is -2.23. The molecular formula is C14H21ClIN3. The van der Waals surface area contributed by atoms with Crippen molar-refractivity contribution in [3.05, 3.63) is 34.9 Å². The number of nitrogens with two attached hydrogens (primary N) is 1. The molecule has 1 aromatic rings. The van der Waals surface area contributed by atoms with Crippen molar-refractivity contribution < 1.29 is 0 Å². The third-order valence-corrected chi connectivity index (χ3v) is 3.45. The van der Waals surface area contributed by atoms with Gasteiger partial charge in [0.15, 0.2) is 5.96 Å². The van der Waals surface area contributed by atoms with E-state index >= 15 is 0 Å². The standard InChI is InChI=1S/C14H20ClN3.HI/c1-14(2,10-3-5-11(15)6-4-10)9-17-13(16)18-12-7-8-12;/h3-6,12H,7-9H2,1-2H3,(H3,16,17,18);1H. The Balaban J connectivity index is 0.00000180. The summed E-state index contributed by atoms with van der Waals surface area (Å²) in [7, 11) is 0. The van der Waals surface area contributed by atoms with Gasteiger partial charge < -0.3 is 11.1 Å². The quantitative estimate of drug-likeness (QED) is 0.468. The lowest BCUT2D eigenvalue weighted by atomic mass is 9.85. The van der Waals surface area contributed by atoms with Crippen LogP contribution in [0.25, 0.3) is 0 Å². The maximum atomic E-state index is 5.90. The van der Waals surface area contributed by atoms with Gasteiger partial charge in [0.05, 0.1) is 6.54 Å². The Morgan fingerprint density at radius 1 is 1.37 bits per heavy atom. The highest BCUT2D eigenvalue weighted by Crippen LogP contribution is 2.25. The topological polar surface area (TPSA) is 50.4 Å². The van der Waals surface area contributed by atoms with E-state index in [0.29, 0.717) is 18.5 Å². The zero-order chi connectivity index (χ0) is 13.2. The highest BCUT2D eigenvalue weighted by molar-refractivity contribution is 14.0. The normalized spacial score (nSPS) is 15.8. The second-order valence-corrected chi connectivity index (χ2v) is 5.95. The van der Waals surface area contributed by atoms with Gasteiger partial charge in [0.25, 0.3) is 0 Å². The van der Waals surface area contributed by atoms with Crippen LogP contribution in [0.15, 0.2) is 29.3 Å². The minimum Gasteiger partial charge on any atom is -0.370 e. The molecule has 3 N–H and O–H groups in total. The van der Waals surface area contributed by atoms with Crippen LogP contribution in [0.5, 0.6) is 0 Å². The van der Waals surface area contributed by atoms with E-state index in [0.717, 1.165) is 5.02 Å². The smallest absolute Gasteiger partial charge is 0.188 e. The van der Waals surface area contributed by atoms with Crippen molar-refractivity contribution in [1.29, 1.82) is 0 Å². The minimum absolute atomic E-state index is 0. The molecule has 1 aromatic carbocycles. The summed E-state index contributed by atoms with van der Waals surface area (Å²) >= 11 is 5.90. The summed E-state index contributed by atoms with van der Waals surface area (Å²) in [6, 6.07) is 8.46. The Labute approximate surface area is 137 Å². The summed E-state index contributed by atoms with van der Waals surface area (Å²) < 4.78 is 0. The SMILES string of the molecule is CC(C)(CN=C(N)NC1CC1)c1ccc(Cl)cc1.I. The molecule has 0 saturated heterocycles. The molecule has 1 fully saturated rings. The van der Waals surface area contributed by atoms with E-state index < -0.39 is 0 Å². The number of guanidine groups is 1. The molecule has 0 aliphatic heterocycles. The number of benzene rings is 1. The van der Waals surface area contributed by atoms with Crippen LogP contribution in [0.2, 0.25) is 5.02 Å². The van der Waals surface area contributed by atoms with E-state index in [9.17, 15) is 0 Å². The Bertz CT molecular complexity index is 439. The van der Waals surface area contributed by atoms with Crippen molar-refractivity contribution in [3.63, 3.8) is 0 Å². The number of nitrogens with zero attached hydrogens (tertiary/aromatic N) is 1. The zero-order valence-electron chi connectivity index (χ0n) is 11.3. The van der Waals surface area contributed by atoms with E-state index in [4.69, 9.17) is 17.3 Å². The molecular weight excluding hydrogens is 373 g/mol. The van der Waals surface area contributed by atoms with Crippen LogP contribution in [0.1, 0.15) is 32.3 Å². The molecule has 19 heavy (non-hydrogen) atoms. The van der Waals surface area contributed by atoms with Gasteiger partial charge in [0.1, 0.15) is 0 Å². The summed E-state index contributed by atoms with van der Waals surface area (Å²) in [6.45, 7) is 4.98. The fourth-order valence-electron chi connectivity index (χ4n) is 1.76. The summed E-state index contributed by atoms with van der Waals surface area (Å²) in [6.07, 6.45) is 2.41. The van der Waals surface area contributed by atoms with Gasteiger partial charge in [0, 0.05) is 16.5 Å². The van der Waals surface area contributed by atoms with Crippen molar-refractivity contribution in [2.24, 2.45) is 10.7 Å². The Morgan fingerprint density at radius 3 is 2.47 bits per heavy atom. The fraction of sp³-hybridized carbons (Fsp3) is 0.500. The van der Waals surface area contributed by atoms with Gasteiger partial charge in [-0.3, -0.25) is 4.99 Å². The number of rotatable bonds is 4. The molecule has 3 nitrogen and oxygen atoms in total.